The SMILES string of the molecule is CCCCCCCCCCCCCCCCCCOC[C@H](COP(=O)(O)OC[C@H]1O[C@@](C)(c2ccc3c(N)ncnn23)[C@H](O)[C@@H]1O)OCc1cc(F)cc(C#N)c1. The normalized spacial score (nSPS) is 21.2. The first-order chi connectivity index (χ1) is 27.5. The lowest BCUT2D eigenvalue weighted by molar-refractivity contribution is -0.0901. The third-order valence-electron chi connectivity index (χ3n) is 10.5. The van der Waals surface area contributed by atoms with Gasteiger partial charge in [0.1, 0.15) is 47.7 Å². The lowest BCUT2D eigenvalue weighted by Crippen LogP contribution is -2.39. The van der Waals surface area contributed by atoms with Crippen LogP contribution in [0, 0.1) is 17.1 Å². The van der Waals surface area contributed by atoms with E-state index in [1.54, 1.807) is 19.1 Å². The third-order valence-corrected chi connectivity index (χ3v) is 11.4. The van der Waals surface area contributed by atoms with Gasteiger partial charge < -0.3 is 35.1 Å². The molecule has 1 aromatic carbocycles. The number of nitrogens with two attached hydrogens (primary N) is 1. The standard InChI is InChI=1S/C41H63FN5O9P/c1-3-4-5-6-7-8-9-10-11-12-13-14-15-16-17-18-21-52-27-34(53-26-32-22-31(25-43)23-33(42)24-32)28-54-57(50,51)55-29-36-38(48)39(49)41(2,56-36)37-20-19-35-40(44)45-30-46-47(35)37/h19-20,22-24,30,34,36,38-39,48-49H,3-18,21,26-29H2,1-2H3,(H,50,51)(H2,44,45,46)/t34-,36-,38-,39-,41+/m1/s1. The first kappa shape index (κ1) is 46.7. The van der Waals surface area contributed by atoms with Crippen LogP contribution in [0.3, 0.4) is 0 Å². The van der Waals surface area contributed by atoms with Crippen molar-refractivity contribution < 1.29 is 47.3 Å². The molecule has 3 heterocycles. The van der Waals surface area contributed by atoms with Crippen LogP contribution in [0.4, 0.5) is 10.2 Å². The molecule has 4 rings (SSSR count). The van der Waals surface area contributed by atoms with Gasteiger partial charge in [-0.1, -0.05) is 103 Å². The van der Waals surface area contributed by atoms with Crippen LogP contribution in [-0.2, 0) is 40.0 Å². The maximum atomic E-state index is 14.1. The molecule has 57 heavy (non-hydrogen) atoms. The smallest absolute Gasteiger partial charge is 0.387 e. The minimum atomic E-state index is -4.74. The number of hydrogen-bond acceptors (Lipinski definition) is 12. The molecular formula is C41H63FN5O9P. The summed E-state index contributed by atoms with van der Waals surface area (Å²) in [5.74, 6) is -0.379. The van der Waals surface area contributed by atoms with Crippen LogP contribution in [0.15, 0.2) is 36.7 Å². The van der Waals surface area contributed by atoms with Crippen molar-refractivity contribution in [2.75, 3.05) is 32.2 Å². The van der Waals surface area contributed by atoms with E-state index in [0.717, 1.165) is 25.3 Å². The van der Waals surface area contributed by atoms with Gasteiger partial charge in [-0.05, 0) is 49.2 Å². The lowest BCUT2D eigenvalue weighted by atomic mass is 9.93. The van der Waals surface area contributed by atoms with Gasteiger partial charge in [-0.2, -0.15) is 10.4 Å². The zero-order valence-electron chi connectivity index (χ0n) is 33.6. The summed E-state index contributed by atoms with van der Waals surface area (Å²) in [6, 6.07) is 9.04. The number of benzene rings is 1. The van der Waals surface area contributed by atoms with Gasteiger partial charge in [-0.15, -0.1) is 0 Å². The molecule has 0 saturated carbocycles. The van der Waals surface area contributed by atoms with E-state index in [1.807, 2.05) is 6.07 Å². The van der Waals surface area contributed by atoms with Gasteiger partial charge in [-0.3, -0.25) is 9.05 Å². The van der Waals surface area contributed by atoms with E-state index in [-0.39, 0.29) is 24.6 Å². The molecule has 1 fully saturated rings. The van der Waals surface area contributed by atoms with Crippen molar-refractivity contribution in [3.63, 3.8) is 0 Å². The highest BCUT2D eigenvalue weighted by molar-refractivity contribution is 7.47. The highest BCUT2D eigenvalue weighted by Crippen LogP contribution is 2.46. The van der Waals surface area contributed by atoms with Gasteiger partial charge in [0, 0.05) is 6.61 Å². The van der Waals surface area contributed by atoms with Gasteiger partial charge in [0.25, 0.3) is 0 Å². The molecule has 6 atom stereocenters. The summed E-state index contributed by atoms with van der Waals surface area (Å²) in [5.41, 5.74) is 5.85. The minimum absolute atomic E-state index is 0.0213. The van der Waals surface area contributed by atoms with E-state index in [4.69, 9.17) is 29.0 Å². The second-order valence-corrected chi connectivity index (χ2v) is 16.6. The van der Waals surface area contributed by atoms with Crippen LogP contribution in [0.1, 0.15) is 133 Å². The number of nitrogen functional groups attached to an aromatic ring is 1. The Morgan fingerprint density at radius 1 is 0.965 bits per heavy atom. The largest absolute Gasteiger partial charge is 0.472 e. The first-order valence-corrected chi connectivity index (χ1v) is 22.1. The number of rotatable bonds is 29. The second kappa shape index (κ2) is 24.1. The number of unbranched alkanes of at least 4 members (excludes halogenated alkanes) is 15. The fourth-order valence-electron chi connectivity index (χ4n) is 7.16. The lowest BCUT2D eigenvalue weighted by Gasteiger charge is -2.27. The van der Waals surface area contributed by atoms with Crippen molar-refractivity contribution in [3.05, 3.63) is 59.3 Å². The molecule has 2 aromatic heterocycles. The number of nitrogens with zero attached hydrogens (tertiary/aromatic N) is 4. The van der Waals surface area contributed by atoms with Crippen LogP contribution < -0.4 is 5.73 Å². The number of aliphatic hydroxyl groups excluding tert-OH is 2. The Morgan fingerprint density at radius 2 is 1.60 bits per heavy atom. The fourth-order valence-corrected chi connectivity index (χ4v) is 7.93. The molecule has 3 aromatic rings. The van der Waals surface area contributed by atoms with Crippen molar-refractivity contribution in [2.45, 2.75) is 153 Å². The van der Waals surface area contributed by atoms with Crippen LogP contribution in [-0.4, -0.2) is 80.5 Å². The van der Waals surface area contributed by atoms with Crippen molar-refractivity contribution in [1.29, 1.82) is 5.26 Å². The summed E-state index contributed by atoms with van der Waals surface area (Å²) < 4.78 is 56.8. The number of ether oxygens (including phenoxy) is 3. The van der Waals surface area contributed by atoms with E-state index < -0.39 is 56.9 Å². The molecule has 0 bridgehead atoms. The van der Waals surface area contributed by atoms with Gasteiger partial charge >= 0.3 is 7.82 Å². The Morgan fingerprint density at radius 3 is 2.23 bits per heavy atom. The molecule has 1 unspecified atom stereocenters. The average Bonchev–Trinajstić information content (AvgIpc) is 3.73. The zero-order valence-corrected chi connectivity index (χ0v) is 34.5. The fraction of sp³-hybridized carbons (Fsp3) is 0.683. The number of nitriles is 1. The second-order valence-electron chi connectivity index (χ2n) is 15.2. The van der Waals surface area contributed by atoms with Crippen LogP contribution in [0.2, 0.25) is 0 Å². The predicted octanol–water partition coefficient (Wildman–Crippen LogP) is 7.66. The Balaban J connectivity index is 1.18. The minimum Gasteiger partial charge on any atom is -0.387 e. The summed E-state index contributed by atoms with van der Waals surface area (Å²) in [4.78, 5) is 14.5. The summed E-state index contributed by atoms with van der Waals surface area (Å²) in [6.07, 6.45) is 16.4. The van der Waals surface area contributed by atoms with Crippen molar-refractivity contribution in [2.24, 2.45) is 0 Å². The quantitative estimate of drug-likeness (QED) is 0.0393. The molecule has 1 aliphatic rings. The Hall–Kier alpha value is -3.03. The molecule has 5 N–H and O–H groups in total. The molecule has 14 nitrogen and oxygen atoms in total. The monoisotopic (exact) mass is 819 g/mol. The molecule has 0 amide bonds. The molecule has 1 saturated heterocycles. The number of aromatic nitrogens is 3. The number of hydrogen-bond donors (Lipinski definition) is 4. The van der Waals surface area contributed by atoms with Gasteiger partial charge in [0.15, 0.2) is 5.82 Å². The Kier molecular flexibility index (Phi) is 19.8. The van der Waals surface area contributed by atoms with Crippen molar-refractivity contribution in [3.8, 4) is 6.07 Å². The van der Waals surface area contributed by atoms with E-state index in [2.05, 4.69) is 17.0 Å². The molecular weight excluding hydrogens is 756 g/mol. The van der Waals surface area contributed by atoms with Crippen molar-refractivity contribution in [1.82, 2.24) is 14.6 Å². The zero-order chi connectivity index (χ0) is 41.1. The van der Waals surface area contributed by atoms with E-state index in [9.17, 15) is 29.3 Å². The molecule has 318 valence electrons. The van der Waals surface area contributed by atoms with Crippen molar-refractivity contribution >= 4 is 19.2 Å². The van der Waals surface area contributed by atoms with Gasteiger partial charge in [0.2, 0.25) is 0 Å². The number of anilines is 1. The number of phosphoric acid groups is 1. The topological polar surface area (TPSA) is 204 Å². The van der Waals surface area contributed by atoms with E-state index in [0.29, 0.717) is 23.4 Å². The first-order valence-electron chi connectivity index (χ1n) is 20.6. The Bertz CT molecular complexity index is 1730. The predicted molar refractivity (Wildman–Crippen MR) is 213 cm³/mol. The highest BCUT2D eigenvalue weighted by atomic mass is 31.2. The molecule has 0 aliphatic carbocycles. The average molecular weight is 820 g/mol. The Labute approximate surface area is 336 Å². The third kappa shape index (κ3) is 14.9. The van der Waals surface area contributed by atoms with Crippen LogP contribution >= 0.6 is 7.82 Å². The maximum Gasteiger partial charge on any atom is 0.472 e. The number of halogens is 1. The number of fused-ring (bicyclic) bond motifs is 1. The molecule has 16 heteroatoms. The summed E-state index contributed by atoms with van der Waals surface area (Å²) in [6.45, 7) is 3.16. The number of aliphatic hydroxyl groups is 2. The molecule has 0 radical (unpaired) electrons. The molecule has 0 spiro atoms. The molecule has 1 aliphatic heterocycles. The maximum absolute atomic E-state index is 14.1. The summed E-state index contributed by atoms with van der Waals surface area (Å²) >= 11 is 0. The van der Waals surface area contributed by atoms with E-state index in [1.165, 1.54) is 106 Å². The highest BCUT2D eigenvalue weighted by Gasteiger charge is 2.54. The van der Waals surface area contributed by atoms with Crippen LogP contribution in [0.5, 0.6) is 0 Å². The van der Waals surface area contributed by atoms with Gasteiger partial charge in [-0.25, -0.2) is 18.5 Å². The van der Waals surface area contributed by atoms with Gasteiger partial charge in [0.05, 0.1) is 43.8 Å². The summed E-state index contributed by atoms with van der Waals surface area (Å²) in [7, 11) is -4.74. The summed E-state index contributed by atoms with van der Waals surface area (Å²) in [5, 5.41) is 35.2. The van der Waals surface area contributed by atoms with E-state index >= 15 is 0 Å². The van der Waals surface area contributed by atoms with Crippen LogP contribution in [0.25, 0.3) is 5.52 Å². The number of phosphoric ester groups is 1.